The lowest BCUT2D eigenvalue weighted by atomic mass is 10.1. The number of hydrogen-bond acceptors (Lipinski definition) is 2. The number of benzene rings is 1. The van der Waals surface area contributed by atoms with Crippen LogP contribution in [0.25, 0.3) is 5.69 Å². The highest BCUT2D eigenvalue weighted by Crippen LogP contribution is 2.17. The quantitative estimate of drug-likeness (QED) is 0.754. The van der Waals surface area contributed by atoms with Crippen LogP contribution in [-0.2, 0) is 0 Å². The Bertz CT molecular complexity index is 551. The molecule has 0 spiro atoms. The molecule has 0 fully saturated rings. The molecule has 0 radical (unpaired) electrons. The van der Waals surface area contributed by atoms with Gasteiger partial charge in [-0.1, -0.05) is 19.9 Å². The number of rotatable bonds is 2. The Labute approximate surface area is 93.7 Å². The van der Waals surface area contributed by atoms with E-state index in [9.17, 15) is 4.79 Å². The molecule has 0 aliphatic rings. The van der Waals surface area contributed by atoms with E-state index in [1.54, 1.807) is 22.9 Å². The Morgan fingerprint density at radius 3 is 2.75 bits per heavy atom. The number of nitrogen functional groups attached to an aromatic ring is 1. The molecule has 1 aromatic carbocycles. The molecule has 0 bridgehead atoms. The number of aromatic amines is 1. The van der Waals surface area contributed by atoms with Gasteiger partial charge in [-0.05, 0) is 24.1 Å². The average molecular weight is 217 g/mol. The number of H-pyrrole nitrogens is 1. The van der Waals surface area contributed by atoms with E-state index in [1.165, 1.54) is 0 Å². The van der Waals surface area contributed by atoms with Gasteiger partial charge in [0.15, 0.2) is 0 Å². The summed E-state index contributed by atoms with van der Waals surface area (Å²) in [6, 6.07) is 7.31. The molecule has 3 N–H and O–H groups in total. The van der Waals surface area contributed by atoms with E-state index in [-0.39, 0.29) is 11.6 Å². The molecular formula is C12H15N3O. The summed E-state index contributed by atoms with van der Waals surface area (Å²) in [5, 5.41) is 0. The third kappa shape index (κ3) is 1.74. The van der Waals surface area contributed by atoms with Gasteiger partial charge in [0, 0.05) is 17.6 Å². The largest absolute Gasteiger partial charge is 0.399 e. The van der Waals surface area contributed by atoms with Gasteiger partial charge in [0.2, 0.25) is 0 Å². The summed E-state index contributed by atoms with van der Waals surface area (Å²) in [6.45, 7) is 4.09. The van der Waals surface area contributed by atoms with Gasteiger partial charge in [-0.25, -0.2) is 4.79 Å². The monoisotopic (exact) mass is 217 g/mol. The van der Waals surface area contributed by atoms with Gasteiger partial charge in [0.1, 0.15) is 0 Å². The van der Waals surface area contributed by atoms with Gasteiger partial charge in [0.05, 0.1) is 5.69 Å². The molecule has 16 heavy (non-hydrogen) atoms. The first-order valence-electron chi connectivity index (χ1n) is 5.26. The molecule has 0 saturated heterocycles. The van der Waals surface area contributed by atoms with Crippen molar-refractivity contribution in [3.63, 3.8) is 0 Å². The average Bonchev–Trinajstić information content (AvgIpc) is 2.60. The molecule has 0 amide bonds. The molecule has 2 rings (SSSR count). The second-order valence-electron chi connectivity index (χ2n) is 4.10. The molecule has 0 aliphatic carbocycles. The maximum absolute atomic E-state index is 11.7. The lowest BCUT2D eigenvalue weighted by Gasteiger charge is -2.10. The third-order valence-corrected chi connectivity index (χ3v) is 2.52. The van der Waals surface area contributed by atoms with Crippen molar-refractivity contribution in [1.29, 1.82) is 0 Å². The first-order chi connectivity index (χ1) is 7.59. The van der Waals surface area contributed by atoms with Crippen molar-refractivity contribution < 1.29 is 0 Å². The van der Waals surface area contributed by atoms with Crippen molar-refractivity contribution in [2.45, 2.75) is 19.8 Å². The van der Waals surface area contributed by atoms with Crippen molar-refractivity contribution in [1.82, 2.24) is 9.55 Å². The van der Waals surface area contributed by atoms with Gasteiger partial charge in [-0.15, -0.1) is 0 Å². The van der Waals surface area contributed by atoms with E-state index < -0.39 is 0 Å². The zero-order valence-corrected chi connectivity index (χ0v) is 9.40. The molecule has 1 aromatic heterocycles. The minimum Gasteiger partial charge on any atom is -0.399 e. The van der Waals surface area contributed by atoms with Gasteiger partial charge >= 0.3 is 5.69 Å². The predicted molar refractivity (Wildman–Crippen MR) is 64.9 cm³/mol. The van der Waals surface area contributed by atoms with E-state index >= 15 is 0 Å². The molecule has 4 heteroatoms. The summed E-state index contributed by atoms with van der Waals surface area (Å²) in [5.74, 6) is 0.278. The maximum atomic E-state index is 11.7. The Kier molecular flexibility index (Phi) is 2.56. The fourth-order valence-corrected chi connectivity index (χ4v) is 1.74. The number of anilines is 1. The van der Waals surface area contributed by atoms with E-state index in [0.717, 1.165) is 11.4 Å². The summed E-state index contributed by atoms with van der Waals surface area (Å²) < 4.78 is 1.65. The normalized spacial score (nSPS) is 10.9. The van der Waals surface area contributed by atoms with E-state index in [1.807, 2.05) is 26.0 Å². The fourth-order valence-electron chi connectivity index (χ4n) is 1.74. The van der Waals surface area contributed by atoms with Crippen LogP contribution >= 0.6 is 0 Å². The smallest absolute Gasteiger partial charge is 0.330 e. The summed E-state index contributed by atoms with van der Waals surface area (Å²) in [7, 11) is 0. The van der Waals surface area contributed by atoms with Crippen LogP contribution in [0.15, 0.2) is 35.3 Å². The van der Waals surface area contributed by atoms with Crippen LogP contribution in [0.1, 0.15) is 25.5 Å². The number of hydrogen-bond donors (Lipinski definition) is 2. The highest BCUT2D eigenvalue weighted by Gasteiger charge is 2.11. The molecular weight excluding hydrogens is 202 g/mol. The number of aromatic nitrogens is 2. The van der Waals surface area contributed by atoms with Crippen LogP contribution in [0.5, 0.6) is 0 Å². The Hall–Kier alpha value is -1.97. The molecule has 0 aliphatic heterocycles. The number of nitrogens with one attached hydrogen (secondary N) is 1. The van der Waals surface area contributed by atoms with E-state index in [2.05, 4.69) is 4.98 Å². The van der Waals surface area contributed by atoms with Gasteiger partial charge in [-0.3, -0.25) is 4.57 Å². The molecule has 0 saturated carbocycles. The Morgan fingerprint density at radius 2 is 2.12 bits per heavy atom. The summed E-state index contributed by atoms with van der Waals surface area (Å²) in [6.07, 6.45) is 1.75. The molecule has 4 nitrogen and oxygen atoms in total. The van der Waals surface area contributed by atoms with Gasteiger partial charge in [-0.2, -0.15) is 0 Å². The van der Waals surface area contributed by atoms with Crippen molar-refractivity contribution in [2.24, 2.45) is 0 Å². The lowest BCUT2D eigenvalue weighted by molar-refractivity contribution is 0.776. The van der Waals surface area contributed by atoms with Crippen molar-refractivity contribution in [3.05, 3.63) is 46.6 Å². The lowest BCUT2D eigenvalue weighted by Crippen LogP contribution is -2.17. The van der Waals surface area contributed by atoms with Crippen LogP contribution in [0.4, 0.5) is 5.69 Å². The van der Waals surface area contributed by atoms with Crippen LogP contribution in [-0.4, -0.2) is 9.55 Å². The number of nitrogens with two attached hydrogens (primary N) is 1. The highest BCUT2D eigenvalue weighted by atomic mass is 16.1. The predicted octanol–water partition coefficient (Wildman–Crippen LogP) is 1.87. The minimum atomic E-state index is -0.130. The molecule has 2 aromatic rings. The second kappa shape index (κ2) is 3.89. The van der Waals surface area contributed by atoms with Crippen LogP contribution in [0.3, 0.4) is 0 Å². The van der Waals surface area contributed by atoms with E-state index in [0.29, 0.717) is 5.69 Å². The summed E-state index contributed by atoms with van der Waals surface area (Å²) in [4.78, 5) is 14.4. The van der Waals surface area contributed by atoms with Crippen LogP contribution in [0.2, 0.25) is 0 Å². The van der Waals surface area contributed by atoms with Crippen molar-refractivity contribution in [2.75, 3.05) is 5.73 Å². The molecule has 1 heterocycles. The number of imidazole rings is 1. The zero-order chi connectivity index (χ0) is 11.7. The molecule has 0 unspecified atom stereocenters. The summed E-state index contributed by atoms with van der Waals surface area (Å²) in [5.41, 5.74) is 7.99. The highest BCUT2D eigenvalue weighted by molar-refractivity contribution is 5.48. The van der Waals surface area contributed by atoms with Crippen LogP contribution < -0.4 is 11.4 Å². The standard InChI is InChI=1S/C12H15N3O/c1-8(2)11-7-14-12(16)15(11)10-5-3-4-9(13)6-10/h3-8H,13H2,1-2H3,(H,14,16). The van der Waals surface area contributed by atoms with Crippen LogP contribution in [0, 0.1) is 0 Å². The zero-order valence-electron chi connectivity index (χ0n) is 9.40. The fraction of sp³-hybridized carbons (Fsp3) is 0.250. The van der Waals surface area contributed by atoms with Crippen molar-refractivity contribution >= 4 is 5.69 Å². The first kappa shape index (κ1) is 10.5. The Balaban J connectivity index is 2.63. The Morgan fingerprint density at radius 1 is 1.38 bits per heavy atom. The first-order valence-corrected chi connectivity index (χ1v) is 5.26. The van der Waals surface area contributed by atoms with E-state index in [4.69, 9.17) is 5.73 Å². The third-order valence-electron chi connectivity index (χ3n) is 2.52. The topological polar surface area (TPSA) is 63.8 Å². The minimum absolute atomic E-state index is 0.130. The second-order valence-corrected chi connectivity index (χ2v) is 4.10. The number of nitrogens with zero attached hydrogens (tertiary/aromatic N) is 1. The molecule has 84 valence electrons. The van der Waals surface area contributed by atoms with Crippen molar-refractivity contribution in [3.8, 4) is 5.69 Å². The van der Waals surface area contributed by atoms with Gasteiger partial charge < -0.3 is 10.7 Å². The summed E-state index contributed by atoms with van der Waals surface area (Å²) >= 11 is 0. The SMILES string of the molecule is CC(C)c1c[nH]c(=O)n1-c1cccc(N)c1. The maximum Gasteiger partial charge on any atom is 0.330 e. The molecule has 0 atom stereocenters. The van der Waals surface area contributed by atoms with Gasteiger partial charge in [0.25, 0.3) is 0 Å².